The Hall–Kier alpha value is -3.99. The molecule has 10 heteroatoms. The number of nitrogens with one attached hydrogen (secondary N) is 1. The van der Waals surface area contributed by atoms with E-state index in [9.17, 15) is 13.9 Å². The monoisotopic (exact) mass is 617 g/mol. The van der Waals surface area contributed by atoms with Crippen LogP contribution in [0, 0.1) is 11.6 Å². The van der Waals surface area contributed by atoms with Crippen molar-refractivity contribution in [3.05, 3.63) is 106 Å². The summed E-state index contributed by atoms with van der Waals surface area (Å²) in [7, 11) is 5.84. The van der Waals surface area contributed by atoms with E-state index in [0.717, 1.165) is 68.2 Å². The molecule has 2 aliphatic heterocycles. The van der Waals surface area contributed by atoms with E-state index in [2.05, 4.69) is 67.3 Å². The minimum Gasteiger partial charge on any atom is -0.378 e. The van der Waals surface area contributed by atoms with Crippen LogP contribution in [-0.2, 0) is 0 Å². The van der Waals surface area contributed by atoms with Crippen LogP contribution >= 0.6 is 0 Å². The second-order valence-corrected chi connectivity index (χ2v) is 11.5. The summed E-state index contributed by atoms with van der Waals surface area (Å²) in [6.07, 6.45) is 8.30. The van der Waals surface area contributed by atoms with E-state index in [4.69, 9.17) is 0 Å². The Morgan fingerprint density at radius 3 is 2.11 bits per heavy atom. The van der Waals surface area contributed by atoms with Gasteiger partial charge >= 0.3 is 0 Å². The third-order valence-corrected chi connectivity index (χ3v) is 7.90. The van der Waals surface area contributed by atoms with Gasteiger partial charge < -0.3 is 20.2 Å². The maximum absolute atomic E-state index is 12.9. The third-order valence-electron chi connectivity index (χ3n) is 7.90. The molecule has 0 radical (unpaired) electrons. The molecule has 45 heavy (non-hydrogen) atoms. The zero-order valence-corrected chi connectivity index (χ0v) is 27.0. The van der Waals surface area contributed by atoms with Crippen molar-refractivity contribution < 1.29 is 13.9 Å². The van der Waals surface area contributed by atoms with Crippen LogP contribution in [0.2, 0.25) is 0 Å². The number of rotatable bonds is 8. The van der Waals surface area contributed by atoms with Gasteiger partial charge in [0.1, 0.15) is 30.4 Å². The largest absolute Gasteiger partial charge is 0.378 e. The van der Waals surface area contributed by atoms with E-state index in [-0.39, 0.29) is 17.9 Å². The molecular formula is C35H45F2N7O. The number of aliphatic imine (C=N–C) groups is 3. The molecule has 0 saturated carbocycles. The first kappa shape index (κ1) is 33.9. The molecule has 1 aliphatic carbocycles. The number of amidine groups is 2. The van der Waals surface area contributed by atoms with Crippen molar-refractivity contribution in [2.45, 2.75) is 32.9 Å². The van der Waals surface area contributed by atoms with Gasteiger partial charge in [-0.05, 0) is 99.1 Å². The quantitative estimate of drug-likeness (QED) is 0.328. The van der Waals surface area contributed by atoms with Gasteiger partial charge in [0.05, 0.1) is 0 Å². The van der Waals surface area contributed by atoms with Crippen LogP contribution in [0.25, 0.3) is 0 Å². The molecule has 1 atom stereocenters. The minimum atomic E-state index is -0.311. The lowest BCUT2D eigenvalue weighted by molar-refractivity contribution is -0.0173. The van der Waals surface area contributed by atoms with Crippen molar-refractivity contribution in [3.8, 4) is 0 Å². The van der Waals surface area contributed by atoms with Crippen molar-refractivity contribution >= 4 is 17.4 Å². The van der Waals surface area contributed by atoms with Crippen LogP contribution < -0.4 is 5.32 Å². The number of benzene rings is 2. The maximum Gasteiger partial charge on any atom is 0.154 e. The number of piperazine rings is 1. The molecule has 0 aromatic heterocycles. The van der Waals surface area contributed by atoms with Crippen molar-refractivity contribution in [3.63, 3.8) is 0 Å². The molecule has 3 aliphatic rings. The molecule has 2 aromatic rings. The zero-order valence-electron chi connectivity index (χ0n) is 27.0. The third kappa shape index (κ3) is 9.75. The summed E-state index contributed by atoms with van der Waals surface area (Å²) in [6, 6.07) is 12.1. The van der Waals surface area contributed by atoms with Crippen LogP contribution in [0.15, 0.2) is 98.6 Å². The van der Waals surface area contributed by atoms with Gasteiger partial charge in [0.2, 0.25) is 0 Å². The number of hydrogen-bond donors (Lipinski definition) is 2. The predicted molar refractivity (Wildman–Crippen MR) is 180 cm³/mol. The highest BCUT2D eigenvalue weighted by Gasteiger charge is 2.24. The SMILES string of the molecule is CCC(O)N1CCN(C2=NCNC(C3=CC(CCN(C)C)=C3)=C2)CC1.CN=C(N=C(C)c1ccc(F)cc1)c1ccc(F)cc1. The first-order chi connectivity index (χ1) is 21.7. The van der Waals surface area contributed by atoms with Crippen LogP contribution in [-0.4, -0.2) is 104 Å². The molecule has 8 nitrogen and oxygen atoms in total. The standard InChI is InChI=1S/C19H31N5O.C16H14F2N2/c1-4-19(25)24-9-7-23(8-10-24)18-13-17(20-14-21-18)16-11-15(12-16)5-6-22(2)3;1-11(12-3-7-14(17)8-4-12)20-16(19-2)13-5-9-15(18)10-6-13/h11-13,19-20,25H,4-10,14H2,1-3H3;3-10H,1-2H3. The predicted octanol–water partition coefficient (Wildman–Crippen LogP) is 4.84. The summed E-state index contributed by atoms with van der Waals surface area (Å²) in [5, 5.41) is 13.4. The second kappa shape index (κ2) is 16.4. The molecule has 1 saturated heterocycles. The Morgan fingerprint density at radius 2 is 1.56 bits per heavy atom. The average Bonchev–Trinajstić information content (AvgIpc) is 3.03. The fourth-order valence-corrected chi connectivity index (χ4v) is 5.11. The Labute approximate surface area is 265 Å². The van der Waals surface area contributed by atoms with E-state index >= 15 is 0 Å². The van der Waals surface area contributed by atoms with Crippen LogP contribution in [0.3, 0.4) is 0 Å². The van der Waals surface area contributed by atoms with Gasteiger partial charge in [-0.25, -0.2) is 18.8 Å². The summed E-state index contributed by atoms with van der Waals surface area (Å²) in [6.45, 7) is 9.19. The van der Waals surface area contributed by atoms with Crippen LogP contribution in [0.1, 0.15) is 37.8 Å². The highest BCUT2D eigenvalue weighted by molar-refractivity contribution is 6.11. The lowest BCUT2D eigenvalue weighted by Gasteiger charge is -2.38. The summed E-state index contributed by atoms with van der Waals surface area (Å²) >= 11 is 0. The summed E-state index contributed by atoms with van der Waals surface area (Å²) < 4.78 is 25.8. The summed E-state index contributed by atoms with van der Waals surface area (Å²) in [5.74, 6) is 0.982. The smallest absolute Gasteiger partial charge is 0.154 e. The van der Waals surface area contributed by atoms with E-state index in [1.807, 2.05) is 13.8 Å². The molecular weight excluding hydrogens is 572 g/mol. The fraction of sp³-hybridized carbons (Fsp3) is 0.400. The van der Waals surface area contributed by atoms with Crippen molar-refractivity contribution in [1.29, 1.82) is 0 Å². The number of allylic oxidation sites excluding steroid dienone is 2. The van der Waals surface area contributed by atoms with Gasteiger partial charge in [-0.1, -0.05) is 19.1 Å². The van der Waals surface area contributed by atoms with Gasteiger partial charge in [-0.3, -0.25) is 9.89 Å². The van der Waals surface area contributed by atoms with Crippen molar-refractivity contribution in [2.24, 2.45) is 15.0 Å². The number of aliphatic hydroxyl groups is 1. The first-order valence-corrected chi connectivity index (χ1v) is 15.4. The first-order valence-electron chi connectivity index (χ1n) is 15.4. The Morgan fingerprint density at radius 1 is 0.956 bits per heavy atom. The van der Waals surface area contributed by atoms with E-state index in [1.165, 1.54) is 41.1 Å². The van der Waals surface area contributed by atoms with E-state index in [1.54, 1.807) is 31.3 Å². The fourth-order valence-electron chi connectivity index (χ4n) is 5.11. The number of aliphatic hydroxyl groups excluding tert-OH is 1. The molecule has 2 N–H and O–H groups in total. The molecule has 240 valence electrons. The molecule has 0 amide bonds. The topological polar surface area (TPSA) is 79.1 Å². The van der Waals surface area contributed by atoms with Crippen molar-refractivity contribution in [1.82, 2.24) is 20.0 Å². The van der Waals surface area contributed by atoms with E-state index < -0.39 is 0 Å². The molecule has 1 fully saturated rings. The zero-order chi connectivity index (χ0) is 32.3. The molecule has 2 heterocycles. The summed E-state index contributed by atoms with van der Waals surface area (Å²) in [4.78, 5) is 19.8. The second-order valence-electron chi connectivity index (χ2n) is 11.5. The van der Waals surface area contributed by atoms with E-state index in [0.29, 0.717) is 12.5 Å². The average molecular weight is 618 g/mol. The normalized spacial score (nSPS) is 18.1. The Balaban J connectivity index is 0.000000210. The number of nitrogens with zero attached hydrogens (tertiary/aromatic N) is 6. The molecule has 0 spiro atoms. The molecule has 5 rings (SSSR count). The lowest BCUT2D eigenvalue weighted by atomic mass is 9.93. The Kier molecular flexibility index (Phi) is 12.3. The van der Waals surface area contributed by atoms with Gasteiger partial charge in [-0.15, -0.1) is 0 Å². The van der Waals surface area contributed by atoms with Crippen LogP contribution in [0.4, 0.5) is 8.78 Å². The maximum atomic E-state index is 12.9. The summed E-state index contributed by atoms with van der Waals surface area (Å²) in [5.41, 5.74) is 6.13. The molecule has 1 unspecified atom stereocenters. The Bertz CT molecular complexity index is 1470. The van der Waals surface area contributed by atoms with Gasteiger partial charge in [0.25, 0.3) is 0 Å². The van der Waals surface area contributed by atoms with Gasteiger partial charge in [0.15, 0.2) is 5.84 Å². The number of halogens is 2. The van der Waals surface area contributed by atoms with Gasteiger partial charge in [0, 0.05) is 62.8 Å². The van der Waals surface area contributed by atoms with Gasteiger partial charge in [-0.2, -0.15) is 0 Å². The lowest BCUT2D eigenvalue weighted by Crippen LogP contribution is -2.52. The van der Waals surface area contributed by atoms with Crippen molar-refractivity contribution in [2.75, 3.05) is 60.5 Å². The molecule has 0 bridgehead atoms. The molecule has 2 aromatic carbocycles. The number of hydrogen-bond acceptors (Lipinski definition) is 7. The highest BCUT2D eigenvalue weighted by Crippen LogP contribution is 2.26. The van der Waals surface area contributed by atoms with Crippen LogP contribution in [0.5, 0.6) is 0 Å². The minimum absolute atomic E-state index is 0.288. The highest BCUT2D eigenvalue weighted by atomic mass is 19.1.